The van der Waals surface area contributed by atoms with Crippen LogP contribution in [0.3, 0.4) is 0 Å². The van der Waals surface area contributed by atoms with Gasteiger partial charge in [-0.05, 0) is 11.6 Å². The zero-order valence-electron chi connectivity index (χ0n) is 8.74. The second-order valence-corrected chi connectivity index (χ2v) is 5.11. The van der Waals surface area contributed by atoms with Crippen LogP contribution in [-0.4, -0.2) is 23.9 Å². The highest BCUT2D eigenvalue weighted by molar-refractivity contribution is 9.10. The molecule has 1 aliphatic rings. The summed E-state index contributed by atoms with van der Waals surface area (Å²) in [6, 6.07) is 8.03. The summed E-state index contributed by atoms with van der Waals surface area (Å²) in [4.78, 5) is 0. The Hall–Kier alpha value is -0.380. The minimum Gasteiger partial charge on any atom is -0.389 e. The highest BCUT2D eigenvalue weighted by atomic mass is 79.9. The lowest BCUT2D eigenvalue weighted by Gasteiger charge is -2.43. The number of aliphatic hydroxyl groups is 1. The lowest BCUT2D eigenvalue weighted by atomic mass is 9.74. The maximum atomic E-state index is 10.2. The van der Waals surface area contributed by atoms with Gasteiger partial charge in [0.25, 0.3) is 0 Å². The third kappa shape index (κ3) is 2.41. The molecule has 15 heavy (non-hydrogen) atoms. The van der Waals surface area contributed by atoms with Gasteiger partial charge in [-0.2, -0.15) is 0 Å². The van der Waals surface area contributed by atoms with Gasteiger partial charge >= 0.3 is 0 Å². The van der Waals surface area contributed by atoms with Crippen LogP contribution < -0.4 is 0 Å². The molecule has 1 fully saturated rings. The van der Waals surface area contributed by atoms with E-state index in [9.17, 15) is 5.11 Å². The fourth-order valence-corrected chi connectivity index (χ4v) is 2.52. The molecular weight excluding hydrogens is 256 g/mol. The van der Waals surface area contributed by atoms with Crippen LogP contribution in [0.25, 0.3) is 0 Å². The van der Waals surface area contributed by atoms with Crippen LogP contribution in [0.4, 0.5) is 0 Å². The Labute approximate surface area is 98.4 Å². The maximum Gasteiger partial charge on any atom is 0.0737 e. The van der Waals surface area contributed by atoms with E-state index < -0.39 is 5.60 Å². The Morgan fingerprint density at radius 3 is 2.73 bits per heavy atom. The molecule has 0 atom stereocenters. The fraction of sp³-hybridized carbons (Fsp3) is 0.500. The SMILES string of the molecule is COC1CC(O)(Cc2ccccc2Br)C1. The molecule has 1 aromatic rings. The fourth-order valence-electron chi connectivity index (χ4n) is 2.10. The number of benzene rings is 1. The molecule has 82 valence electrons. The van der Waals surface area contributed by atoms with Gasteiger partial charge in [-0.25, -0.2) is 0 Å². The van der Waals surface area contributed by atoms with Crippen molar-refractivity contribution in [2.75, 3.05) is 7.11 Å². The standard InChI is InChI=1S/C12H15BrO2/c1-15-10-7-12(14,8-10)6-9-4-2-3-5-11(9)13/h2-5,10,14H,6-8H2,1H3. The van der Waals surface area contributed by atoms with E-state index in [2.05, 4.69) is 15.9 Å². The van der Waals surface area contributed by atoms with Crippen molar-refractivity contribution in [1.29, 1.82) is 0 Å². The summed E-state index contributed by atoms with van der Waals surface area (Å²) >= 11 is 3.49. The second-order valence-electron chi connectivity index (χ2n) is 4.26. The first-order valence-electron chi connectivity index (χ1n) is 5.11. The van der Waals surface area contributed by atoms with Gasteiger partial charge in [0.1, 0.15) is 0 Å². The first-order chi connectivity index (χ1) is 7.13. The van der Waals surface area contributed by atoms with Gasteiger partial charge in [0.2, 0.25) is 0 Å². The Bertz CT molecular complexity index is 345. The van der Waals surface area contributed by atoms with Crippen molar-refractivity contribution in [3.8, 4) is 0 Å². The third-order valence-corrected chi connectivity index (χ3v) is 3.80. The normalized spacial score (nSPS) is 29.9. The van der Waals surface area contributed by atoms with Crippen LogP contribution in [0, 0.1) is 0 Å². The molecule has 0 spiro atoms. The van der Waals surface area contributed by atoms with E-state index >= 15 is 0 Å². The van der Waals surface area contributed by atoms with Crippen molar-refractivity contribution in [2.24, 2.45) is 0 Å². The molecule has 2 rings (SSSR count). The molecule has 1 N–H and O–H groups in total. The largest absolute Gasteiger partial charge is 0.389 e. The Balaban J connectivity index is 2.01. The molecule has 0 aromatic heterocycles. The number of methoxy groups -OCH3 is 1. The summed E-state index contributed by atoms with van der Waals surface area (Å²) in [6.45, 7) is 0. The minimum absolute atomic E-state index is 0.234. The van der Waals surface area contributed by atoms with E-state index in [0.717, 1.165) is 22.9 Å². The number of halogens is 1. The smallest absolute Gasteiger partial charge is 0.0737 e. The molecule has 2 nitrogen and oxygen atoms in total. The van der Waals surface area contributed by atoms with Crippen molar-refractivity contribution in [2.45, 2.75) is 31.0 Å². The van der Waals surface area contributed by atoms with E-state index in [0.29, 0.717) is 6.42 Å². The van der Waals surface area contributed by atoms with Crippen LogP contribution in [-0.2, 0) is 11.2 Å². The van der Waals surface area contributed by atoms with Crippen molar-refractivity contribution >= 4 is 15.9 Å². The van der Waals surface area contributed by atoms with E-state index in [1.807, 2.05) is 24.3 Å². The predicted octanol–water partition coefficient (Wildman–Crippen LogP) is 2.53. The van der Waals surface area contributed by atoms with Gasteiger partial charge in [-0.1, -0.05) is 34.1 Å². The van der Waals surface area contributed by atoms with Gasteiger partial charge in [0.05, 0.1) is 11.7 Å². The summed E-state index contributed by atoms with van der Waals surface area (Å²) in [5, 5.41) is 10.2. The first kappa shape index (κ1) is 11.1. The molecule has 0 unspecified atom stereocenters. The average Bonchev–Trinajstić information content (AvgIpc) is 2.17. The zero-order chi connectivity index (χ0) is 10.9. The van der Waals surface area contributed by atoms with Crippen molar-refractivity contribution in [3.05, 3.63) is 34.3 Å². The maximum absolute atomic E-state index is 10.2. The zero-order valence-corrected chi connectivity index (χ0v) is 10.3. The molecule has 1 aliphatic carbocycles. The van der Waals surface area contributed by atoms with E-state index in [1.165, 1.54) is 0 Å². The molecule has 0 radical (unpaired) electrons. The number of rotatable bonds is 3. The Morgan fingerprint density at radius 2 is 2.13 bits per heavy atom. The molecular formula is C12H15BrO2. The summed E-state index contributed by atoms with van der Waals surface area (Å²) in [6.07, 6.45) is 2.42. The minimum atomic E-state index is -0.565. The first-order valence-corrected chi connectivity index (χ1v) is 5.91. The van der Waals surface area contributed by atoms with Gasteiger partial charge in [-0.15, -0.1) is 0 Å². The average molecular weight is 271 g/mol. The van der Waals surface area contributed by atoms with Crippen LogP contribution >= 0.6 is 15.9 Å². The van der Waals surface area contributed by atoms with Crippen LogP contribution in [0.1, 0.15) is 18.4 Å². The van der Waals surface area contributed by atoms with E-state index in [4.69, 9.17) is 4.74 Å². The second kappa shape index (κ2) is 4.24. The molecule has 1 saturated carbocycles. The van der Waals surface area contributed by atoms with Crippen LogP contribution in [0.5, 0.6) is 0 Å². The lowest BCUT2D eigenvalue weighted by molar-refractivity contribution is -0.126. The van der Waals surface area contributed by atoms with Crippen molar-refractivity contribution in [1.82, 2.24) is 0 Å². The monoisotopic (exact) mass is 270 g/mol. The molecule has 1 aromatic carbocycles. The number of hydrogen-bond donors (Lipinski definition) is 1. The van der Waals surface area contributed by atoms with Gasteiger partial charge in [0.15, 0.2) is 0 Å². The Kier molecular flexibility index (Phi) is 3.14. The van der Waals surface area contributed by atoms with Gasteiger partial charge in [-0.3, -0.25) is 0 Å². The summed E-state index contributed by atoms with van der Waals surface area (Å²) < 4.78 is 6.25. The molecule has 0 amide bonds. The topological polar surface area (TPSA) is 29.5 Å². The lowest BCUT2D eigenvalue weighted by Crippen LogP contribution is -2.49. The van der Waals surface area contributed by atoms with Gasteiger partial charge in [0, 0.05) is 30.8 Å². The molecule has 0 heterocycles. The highest BCUT2D eigenvalue weighted by Gasteiger charge is 2.42. The van der Waals surface area contributed by atoms with E-state index in [-0.39, 0.29) is 6.10 Å². The molecule has 3 heteroatoms. The highest BCUT2D eigenvalue weighted by Crippen LogP contribution is 2.38. The van der Waals surface area contributed by atoms with Crippen LogP contribution in [0.2, 0.25) is 0 Å². The molecule has 0 bridgehead atoms. The van der Waals surface area contributed by atoms with Gasteiger partial charge < -0.3 is 9.84 Å². The summed E-state index contributed by atoms with van der Waals surface area (Å²) in [5.74, 6) is 0. The van der Waals surface area contributed by atoms with Crippen LogP contribution in [0.15, 0.2) is 28.7 Å². The number of hydrogen-bond acceptors (Lipinski definition) is 2. The molecule has 0 saturated heterocycles. The number of ether oxygens (including phenoxy) is 1. The molecule has 0 aliphatic heterocycles. The van der Waals surface area contributed by atoms with Crippen molar-refractivity contribution < 1.29 is 9.84 Å². The summed E-state index contributed by atoms with van der Waals surface area (Å²) in [7, 11) is 1.70. The third-order valence-electron chi connectivity index (χ3n) is 3.03. The predicted molar refractivity (Wildman–Crippen MR) is 62.8 cm³/mol. The summed E-state index contributed by atoms with van der Waals surface area (Å²) in [5.41, 5.74) is 0.597. The quantitative estimate of drug-likeness (QED) is 0.915. The Morgan fingerprint density at radius 1 is 1.47 bits per heavy atom. The van der Waals surface area contributed by atoms with E-state index in [1.54, 1.807) is 7.11 Å². The van der Waals surface area contributed by atoms with Crippen molar-refractivity contribution in [3.63, 3.8) is 0 Å².